The van der Waals surface area contributed by atoms with Crippen LogP contribution in [0.25, 0.3) is 6.08 Å². The van der Waals surface area contributed by atoms with Crippen LogP contribution in [0.4, 0.5) is 0 Å². The van der Waals surface area contributed by atoms with Crippen LogP contribution in [0, 0.1) is 6.92 Å². The van der Waals surface area contributed by atoms with Gasteiger partial charge in [-0.1, -0.05) is 36.4 Å². The Morgan fingerprint density at radius 1 is 1.09 bits per heavy atom. The third-order valence-corrected chi connectivity index (χ3v) is 3.54. The van der Waals surface area contributed by atoms with Gasteiger partial charge in [-0.25, -0.2) is 4.99 Å². The van der Waals surface area contributed by atoms with Crippen LogP contribution in [0.15, 0.2) is 59.2 Å². The molecule has 0 saturated carbocycles. The van der Waals surface area contributed by atoms with E-state index in [2.05, 4.69) is 10.3 Å². The zero-order valence-corrected chi connectivity index (χ0v) is 12.5. The first-order valence-electron chi connectivity index (χ1n) is 7.00. The van der Waals surface area contributed by atoms with E-state index < -0.39 is 0 Å². The second-order valence-electron chi connectivity index (χ2n) is 5.00. The third kappa shape index (κ3) is 2.63. The molecule has 0 unspecified atom stereocenters. The first kappa shape index (κ1) is 14.1. The van der Waals surface area contributed by atoms with Gasteiger partial charge in [0.1, 0.15) is 17.3 Å². The van der Waals surface area contributed by atoms with Gasteiger partial charge in [-0.15, -0.1) is 0 Å². The van der Waals surface area contributed by atoms with E-state index in [0.717, 1.165) is 16.7 Å². The summed E-state index contributed by atoms with van der Waals surface area (Å²) in [6, 6.07) is 15.4. The number of hydrogen-bond donors (Lipinski definition) is 1. The molecule has 3 rings (SSSR count). The smallest absolute Gasteiger partial charge is 0.275 e. The van der Waals surface area contributed by atoms with Crippen molar-refractivity contribution in [1.82, 2.24) is 5.32 Å². The molecule has 4 nitrogen and oxygen atoms in total. The van der Waals surface area contributed by atoms with E-state index in [-0.39, 0.29) is 5.91 Å². The van der Waals surface area contributed by atoms with E-state index >= 15 is 0 Å². The molecule has 1 heterocycles. The molecule has 0 saturated heterocycles. The number of carbonyl (C=O) groups is 1. The highest BCUT2D eigenvalue weighted by Gasteiger charge is 2.23. The average Bonchev–Trinajstić information content (AvgIpc) is 2.90. The van der Waals surface area contributed by atoms with E-state index in [4.69, 9.17) is 4.74 Å². The van der Waals surface area contributed by atoms with Crippen LogP contribution in [0.1, 0.15) is 16.7 Å². The second kappa shape index (κ2) is 5.85. The number of benzene rings is 2. The number of amides is 1. The van der Waals surface area contributed by atoms with Crippen molar-refractivity contribution in [2.75, 3.05) is 7.11 Å². The van der Waals surface area contributed by atoms with Crippen molar-refractivity contribution in [2.45, 2.75) is 6.92 Å². The van der Waals surface area contributed by atoms with Gasteiger partial charge in [0.25, 0.3) is 5.91 Å². The van der Waals surface area contributed by atoms with Gasteiger partial charge in [0, 0.05) is 0 Å². The Hall–Kier alpha value is -2.88. The molecule has 0 bridgehead atoms. The molecular weight excluding hydrogens is 276 g/mol. The zero-order chi connectivity index (χ0) is 15.5. The van der Waals surface area contributed by atoms with Crippen molar-refractivity contribution in [3.63, 3.8) is 0 Å². The summed E-state index contributed by atoms with van der Waals surface area (Å²) in [5.74, 6) is 0.991. The van der Waals surface area contributed by atoms with Crippen molar-refractivity contribution in [3.8, 4) is 5.75 Å². The summed E-state index contributed by atoms with van der Waals surface area (Å²) in [5.41, 5.74) is 3.25. The molecule has 0 aromatic heterocycles. The minimum Gasteiger partial charge on any atom is -0.496 e. The summed E-state index contributed by atoms with van der Waals surface area (Å²) in [6.07, 6.45) is 1.80. The van der Waals surface area contributed by atoms with Gasteiger partial charge in [0.05, 0.1) is 12.7 Å². The molecule has 0 aliphatic carbocycles. The second-order valence-corrected chi connectivity index (χ2v) is 5.00. The van der Waals surface area contributed by atoms with Crippen LogP contribution in [0.2, 0.25) is 0 Å². The number of para-hydroxylation sites is 1. The summed E-state index contributed by atoms with van der Waals surface area (Å²) in [6.45, 7) is 2.00. The number of nitrogens with zero attached hydrogens (tertiary/aromatic N) is 1. The summed E-state index contributed by atoms with van der Waals surface area (Å²) in [5, 5.41) is 2.80. The van der Waals surface area contributed by atoms with Crippen molar-refractivity contribution < 1.29 is 9.53 Å². The Labute approximate surface area is 129 Å². The van der Waals surface area contributed by atoms with Crippen LogP contribution in [-0.4, -0.2) is 18.9 Å². The first-order valence-corrected chi connectivity index (χ1v) is 7.00. The van der Waals surface area contributed by atoms with Gasteiger partial charge < -0.3 is 10.1 Å². The van der Waals surface area contributed by atoms with Crippen molar-refractivity contribution in [1.29, 1.82) is 0 Å². The lowest BCUT2D eigenvalue weighted by Gasteiger charge is -2.06. The van der Waals surface area contributed by atoms with E-state index in [0.29, 0.717) is 17.3 Å². The third-order valence-electron chi connectivity index (χ3n) is 3.54. The highest BCUT2D eigenvalue weighted by molar-refractivity contribution is 6.20. The largest absolute Gasteiger partial charge is 0.496 e. The van der Waals surface area contributed by atoms with Crippen LogP contribution < -0.4 is 10.1 Å². The molecule has 0 atom stereocenters. The zero-order valence-electron chi connectivity index (χ0n) is 12.5. The number of carbonyl (C=O) groups excluding carboxylic acids is 1. The van der Waals surface area contributed by atoms with Gasteiger partial charge in [-0.05, 0) is 36.3 Å². The predicted molar refractivity (Wildman–Crippen MR) is 86.8 cm³/mol. The van der Waals surface area contributed by atoms with Crippen molar-refractivity contribution in [2.24, 2.45) is 4.99 Å². The van der Waals surface area contributed by atoms with E-state index in [1.54, 1.807) is 13.2 Å². The number of aliphatic imine (C=N–C) groups is 1. The lowest BCUT2D eigenvalue weighted by molar-refractivity contribution is -0.115. The monoisotopic (exact) mass is 292 g/mol. The number of ether oxygens (including phenoxy) is 1. The maximum absolute atomic E-state index is 12.1. The number of hydrogen-bond acceptors (Lipinski definition) is 3. The minimum atomic E-state index is -0.204. The van der Waals surface area contributed by atoms with E-state index in [9.17, 15) is 4.79 Å². The van der Waals surface area contributed by atoms with Gasteiger partial charge in [0.15, 0.2) is 0 Å². The number of nitrogens with one attached hydrogen (secondary N) is 1. The summed E-state index contributed by atoms with van der Waals surface area (Å²) < 4.78 is 5.31. The molecule has 0 radical (unpaired) electrons. The lowest BCUT2D eigenvalue weighted by atomic mass is 10.1. The fourth-order valence-electron chi connectivity index (χ4n) is 2.33. The highest BCUT2D eigenvalue weighted by atomic mass is 16.5. The fraction of sp³-hybridized carbons (Fsp3) is 0.111. The molecule has 110 valence electrons. The number of aryl methyl sites for hydroxylation is 1. The average molecular weight is 292 g/mol. The maximum Gasteiger partial charge on any atom is 0.275 e. The molecule has 1 aliphatic rings. The molecule has 4 heteroatoms. The molecule has 1 N–H and O–H groups in total. The normalized spacial score (nSPS) is 15.6. The Bertz CT molecular complexity index is 791. The number of amidine groups is 1. The lowest BCUT2D eigenvalue weighted by Crippen LogP contribution is -2.25. The number of rotatable bonds is 3. The van der Waals surface area contributed by atoms with Crippen LogP contribution in [0.3, 0.4) is 0 Å². The highest BCUT2D eigenvalue weighted by Crippen LogP contribution is 2.22. The Balaban J connectivity index is 2.00. The van der Waals surface area contributed by atoms with E-state index in [1.165, 1.54) is 0 Å². The molecule has 0 spiro atoms. The Morgan fingerprint density at radius 3 is 2.59 bits per heavy atom. The topological polar surface area (TPSA) is 50.7 Å². The first-order chi connectivity index (χ1) is 10.7. The Kier molecular flexibility index (Phi) is 3.74. The molecule has 2 aromatic rings. The molecule has 1 aliphatic heterocycles. The van der Waals surface area contributed by atoms with Gasteiger partial charge in [-0.2, -0.15) is 0 Å². The number of methoxy groups -OCH3 is 1. The van der Waals surface area contributed by atoms with Crippen LogP contribution in [0.5, 0.6) is 5.75 Å². The predicted octanol–water partition coefficient (Wildman–Crippen LogP) is 2.92. The van der Waals surface area contributed by atoms with Crippen molar-refractivity contribution in [3.05, 3.63) is 70.9 Å². The molecular formula is C18H16N2O2. The van der Waals surface area contributed by atoms with Gasteiger partial charge >= 0.3 is 0 Å². The fourth-order valence-corrected chi connectivity index (χ4v) is 2.33. The minimum absolute atomic E-state index is 0.204. The Morgan fingerprint density at radius 2 is 1.82 bits per heavy atom. The maximum atomic E-state index is 12.1. The standard InChI is InChI=1S/C18H16N2O2/c1-12-7-3-4-8-13(12)11-15-18(21)20-17(19-15)14-9-5-6-10-16(14)22-2/h3-11H,1-2H3,(H,19,20,21)/b15-11-. The molecule has 0 fully saturated rings. The molecule has 1 amide bonds. The van der Waals surface area contributed by atoms with Gasteiger partial charge in [0.2, 0.25) is 0 Å². The van der Waals surface area contributed by atoms with Crippen LogP contribution in [-0.2, 0) is 4.79 Å². The molecule has 22 heavy (non-hydrogen) atoms. The summed E-state index contributed by atoms with van der Waals surface area (Å²) in [4.78, 5) is 16.6. The summed E-state index contributed by atoms with van der Waals surface area (Å²) in [7, 11) is 1.60. The van der Waals surface area contributed by atoms with Crippen LogP contribution >= 0.6 is 0 Å². The van der Waals surface area contributed by atoms with E-state index in [1.807, 2.05) is 55.5 Å². The van der Waals surface area contributed by atoms with Crippen molar-refractivity contribution >= 4 is 17.8 Å². The SMILES string of the molecule is COc1ccccc1C1=N/C(=C\c2ccccc2C)C(=O)N1. The quantitative estimate of drug-likeness (QED) is 0.884. The summed E-state index contributed by atoms with van der Waals surface area (Å²) >= 11 is 0. The van der Waals surface area contributed by atoms with Gasteiger partial charge in [-0.3, -0.25) is 4.79 Å². The molecule has 2 aromatic carbocycles.